The summed E-state index contributed by atoms with van der Waals surface area (Å²) in [4.78, 5) is 12.6. The summed E-state index contributed by atoms with van der Waals surface area (Å²) in [6.45, 7) is 0.750. The molecule has 8 heteroatoms. The maximum atomic E-state index is 14.5. The lowest BCUT2D eigenvalue weighted by Gasteiger charge is -2.29. The molecule has 3 aliphatic rings. The third-order valence-electron chi connectivity index (χ3n) is 6.18. The molecular formula is C20H21F2N3O3. The zero-order valence-electron chi connectivity index (χ0n) is 15.2. The Hall–Kier alpha value is -2.48. The number of benzene rings is 1. The number of carboxylic acid groups (broad SMARTS) is 1. The van der Waals surface area contributed by atoms with Crippen LogP contribution in [0.1, 0.15) is 42.9 Å². The number of hydrogen-bond donors (Lipinski definition) is 2. The number of nitrogens with one attached hydrogen (secondary N) is 1. The number of aromatic amines is 1. The summed E-state index contributed by atoms with van der Waals surface area (Å²) in [6.07, 6.45) is 2.60. The van der Waals surface area contributed by atoms with Crippen molar-refractivity contribution in [3.8, 4) is 11.3 Å². The second-order valence-corrected chi connectivity index (χ2v) is 8.08. The second-order valence-electron chi connectivity index (χ2n) is 8.08. The molecule has 3 fully saturated rings. The molecule has 1 saturated heterocycles. The number of rotatable bonds is 5. The minimum absolute atomic E-state index is 0.00125. The Balaban J connectivity index is 1.25. The predicted molar refractivity (Wildman–Crippen MR) is 95.7 cm³/mol. The van der Waals surface area contributed by atoms with E-state index in [0.717, 1.165) is 19.3 Å². The Morgan fingerprint density at radius 3 is 2.61 bits per heavy atom. The van der Waals surface area contributed by atoms with Crippen molar-refractivity contribution in [1.29, 1.82) is 0 Å². The highest BCUT2D eigenvalue weighted by molar-refractivity contribution is 5.66. The molecule has 0 unspecified atom stereocenters. The van der Waals surface area contributed by atoms with Gasteiger partial charge in [0.2, 0.25) is 0 Å². The number of nitrogens with zero attached hydrogens (tertiary/aromatic N) is 2. The van der Waals surface area contributed by atoms with Crippen molar-refractivity contribution in [3.63, 3.8) is 0 Å². The molecule has 2 N–H and O–H groups in total. The molecular weight excluding hydrogens is 368 g/mol. The van der Waals surface area contributed by atoms with Gasteiger partial charge in [0.1, 0.15) is 11.6 Å². The van der Waals surface area contributed by atoms with Gasteiger partial charge in [-0.15, -0.1) is 0 Å². The van der Waals surface area contributed by atoms with Crippen LogP contribution in [-0.2, 0) is 11.3 Å². The van der Waals surface area contributed by atoms with Crippen molar-refractivity contribution in [2.24, 2.45) is 5.92 Å². The summed E-state index contributed by atoms with van der Waals surface area (Å²) in [5.74, 6) is -0.709. The summed E-state index contributed by atoms with van der Waals surface area (Å²) in [6, 6.07) is 4.45. The van der Waals surface area contributed by atoms with Gasteiger partial charge in [-0.25, -0.2) is 13.6 Å². The summed E-state index contributed by atoms with van der Waals surface area (Å²) in [7, 11) is 0. The summed E-state index contributed by atoms with van der Waals surface area (Å²) in [5.41, 5.74) is 1.45. The fraction of sp³-hybridized carbons (Fsp3) is 0.500. The van der Waals surface area contributed by atoms with Crippen molar-refractivity contribution in [2.45, 2.75) is 50.4 Å². The first-order chi connectivity index (χ1) is 13.5. The number of aromatic nitrogens is 2. The molecule has 2 aliphatic carbocycles. The van der Waals surface area contributed by atoms with Gasteiger partial charge in [-0.1, -0.05) is 0 Å². The Kier molecular flexibility index (Phi) is 4.12. The topological polar surface area (TPSA) is 78.4 Å². The lowest BCUT2D eigenvalue weighted by atomic mass is 10.0. The van der Waals surface area contributed by atoms with E-state index in [1.165, 1.54) is 17.0 Å². The van der Waals surface area contributed by atoms with E-state index < -0.39 is 17.7 Å². The van der Waals surface area contributed by atoms with Gasteiger partial charge in [0.05, 0.1) is 29.7 Å². The van der Waals surface area contributed by atoms with Gasteiger partial charge in [-0.2, -0.15) is 5.10 Å². The van der Waals surface area contributed by atoms with E-state index >= 15 is 0 Å². The monoisotopic (exact) mass is 389 g/mol. The number of H-pyrrole nitrogens is 1. The number of likely N-dealkylation sites (tertiary alicyclic amines) is 1. The fourth-order valence-corrected chi connectivity index (χ4v) is 4.60. The van der Waals surface area contributed by atoms with Crippen LogP contribution in [0.4, 0.5) is 13.6 Å². The van der Waals surface area contributed by atoms with Crippen LogP contribution >= 0.6 is 0 Å². The van der Waals surface area contributed by atoms with E-state index in [4.69, 9.17) is 9.84 Å². The normalized spacial score (nSPS) is 26.2. The maximum absolute atomic E-state index is 14.5. The quantitative estimate of drug-likeness (QED) is 0.813. The van der Waals surface area contributed by atoms with Gasteiger partial charge < -0.3 is 14.7 Å². The summed E-state index contributed by atoms with van der Waals surface area (Å²) < 4.78 is 34.8. The number of amides is 1. The van der Waals surface area contributed by atoms with Crippen LogP contribution in [0.2, 0.25) is 0 Å². The number of halogens is 2. The van der Waals surface area contributed by atoms with Gasteiger partial charge in [0, 0.05) is 18.5 Å². The van der Waals surface area contributed by atoms with Crippen molar-refractivity contribution in [3.05, 3.63) is 41.1 Å². The second kappa shape index (κ2) is 6.55. The number of piperidine rings is 1. The van der Waals surface area contributed by atoms with Crippen LogP contribution in [0.5, 0.6) is 0 Å². The average molecular weight is 389 g/mol. The fourth-order valence-electron chi connectivity index (χ4n) is 4.60. The molecule has 148 valence electrons. The molecule has 3 atom stereocenters. The Labute approximate surface area is 160 Å². The van der Waals surface area contributed by atoms with Gasteiger partial charge in [0.15, 0.2) is 0 Å². The van der Waals surface area contributed by atoms with Gasteiger partial charge in [-0.3, -0.25) is 5.10 Å². The number of hydrogen-bond acceptors (Lipinski definition) is 3. The number of fused-ring (bicyclic) bond motifs is 2. The van der Waals surface area contributed by atoms with E-state index in [2.05, 4.69) is 10.2 Å². The smallest absolute Gasteiger partial charge is 0.407 e. The first-order valence-electron chi connectivity index (χ1n) is 9.64. The van der Waals surface area contributed by atoms with E-state index in [1.54, 1.807) is 6.07 Å². The average Bonchev–Trinajstić information content (AvgIpc) is 3.08. The van der Waals surface area contributed by atoms with E-state index in [1.807, 2.05) is 0 Å². The zero-order chi connectivity index (χ0) is 19.4. The van der Waals surface area contributed by atoms with Crippen LogP contribution in [-0.4, -0.2) is 45.0 Å². The third kappa shape index (κ3) is 3.05. The third-order valence-corrected chi connectivity index (χ3v) is 6.18. The lowest BCUT2D eigenvalue weighted by Crippen LogP contribution is -2.41. The first kappa shape index (κ1) is 17.6. The Morgan fingerprint density at radius 2 is 2.00 bits per heavy atom. The van der Waals surface area contributed by atoms with Gasteiger partial charge in [0.25, 0.3) is 0 Å². The molecule has 2 saturated carbocycles. The van der Waals surface area contributed by atoms with Crippen molar-refractivity contribution >= 4 is 6.09 Å². The molecule has 2 bridgehead atoms. The molecule has 1 aromatic heterocycles. The molecule has 5 rings (SSSR count). The summed E-state index contributed by atoms with van der Waals surface area (Å²) >= 11 is 0. The van der Waals surface area contributed by atoms with E-state index in [9.17, 15) is 13.6 Å². The molecule has 2 heterocycles. The van der Waals surface area contributed by atoms with Gasteiger partial charge >= 0.3 is 6.09 Å². The largest absolute Gasteiger partial charge is 0.465 e. The van der Waals surface area contributed by atoms with Crippen LogP contribution in [0.25, 0.3) is 11.3 Å². The zero-order valence-corrected chi connectivity index (χ0v) is 15.2. The molecule has 0 radical (unpaired) electrons. The molecule has 1 aromatic carbocycles. The Morgan fingerprint density at radius 1 is 1.25 bits per heavy atom. The van der Waals surface area contributed by atoms with Crippen molar-refractivity contribution in [2.75, 3.05) is 6.54 Å². The van der Waals surface area contributed by atoms with Crippen LogP contribution in [0, 0.1) is 17.6 Å². The number of ether oxygens (including phenoxy) is 1. The van der Waals surface area contributed by atoms with E-state index in [-0.39, 0.29) is 41.8 Å². The highest BCUT2D eigenvalue weighted by Gasteiger charge is 2.47. The lowest BCUT2D eigenvalue weighted by molar-refractivity contribution is -0.00885. The SMILES string of the molecule is O=C(O)N1C[C@@H]2C[C@H]1C[C@H]2OCc1cc(-c2c(F)cc(C3CC3)cc2F)n[nH]1. The molecule has 1 aliphatic heterocycles. The number of carbonyl (C=O) groups is 1. The van der Waals surface area contributed by atoms with Crippen molar-refractivity contribution in [1.82, 2.24) is 15.1 Å². The van der Waals surface area contributed by atoms with Crippen molar-refractivity contribution < 1.29 is 23.4 Å². The van der Waals surface area contributed by atoms with E-state index in [0.29, 0.717) is 24.2 Å². The molecule has 1 amide bonds. The minimum Gasteiger partial charge on any atom is -0.465 e. The first-order valence-corrected chi connectivity index (χ1v) is 9.64. The molecule has 0 spiro atoms. The predicted octanol–water partition coefficient (Wildman–Crippen LogP) is 3.89. The molecule has 2 aromatic rings. The van der Waals surface area contributed by atoms with Crippen LogP contribution in [0.15, 0.2) is 18.2 Å². The minimum atomic E-state index is -0.874. The highest BCUT2D eigenvalue weighted by atomic mass is 19.1. The van der Waals surface area contributed by atoms with Crippen LogP contribution in [0.3, 0.4) is 0 Å². The molecule has 6 nitrogen and oxygen atoms in total. The summed E-state index contributed by atoms with van der Waals surface area (Å²) in [5, 5.41) is 16.0. The highest BCUT2D eigenvalue weighted by Crippen LogP contribution is 2.42. The molecule has 28 heavy (non-hydrogen) atoms. The van der Waals surface area contributed by atoms with Crippen LogP contribution < -0.4 is 0 Å². The van der Waals surface area contributed by atoms with Gasteiger partial charge in [-0.05, 0) is 55.4 Å². The standard InChI is InChI=1S/C20H21F2N3O3/c21-15-4-11(10-1-2-10)5-16(22)19(15)17-6-13(23-24-17)9-28-18-7-14-3-12(18)8-25(14)20(26)27/h4-6,10,12,14,18H,1-3,7-9H2,(H,23,24)(H,26,27)/t12-,14-,18+/m0/s1. The maximum Gasteiger partial charge on any atom is 0.407 e. The Bertz CT molecular complexity index is 904.